The summed E-state index contributed by atoms with van der Waals surface area (Å²) < 4.78 is 1.57. The minimum absolute atomic E-state index is 0. The van der Waals surface area contributed by atoms with Crippen LogP contribution in [0.1, 0.15) is 12.8 Å². The lowest BCUT2D eigenvalue weighted by atomic mass is 9.98. The molecule has 1 aliphatic heterocycles. The third-order valence-corrected chi connectivity index (χ3v) is 3.24. The zero-order valence-electron chi connectivity index (χ0n) is 10.7. The predicted molar refractivity (Wildman–Crippen MR) is 78.3 cm³/mol. The molecule has 1 atom stereocenters. The summed E-state index contributed by atoms with van der Waals surface area (Å²) in [5.41, 5.74) is 5.75. The number of piperidine rings is 1. The van der Waals surface area contributed by atoms with Crippen LogP contribution >= 0.6 is 24.8 Å². The van der Waals surface area contributed by atoms with Gasteiger partial charge in [-0.05, 0) is 25.3 Å². The van der Waals surface area contributed by atoms with Crippen LogP contribution in [0.15, 0.2) is 6.20 Å². The molecular formula is C10H19Cl2N5O2. The van der Waals surface area contributed by atoms with Crippen molar-refractivity contribution in [1.82, 2.24) is 9.78 Å². The number of rotatable bonds is 3. The van der Waals surface area contributed by atoms with Crippen molar-refractivity contribution in [2.45, 2.75) is 12.8 Å². The van der Waals surface area contributed by atoms with Gasteiger partial charge in [-0.1, -0.05) is 0 Å². The van der Waals surface area contributed by atoms with E-state index in [2.05, 4.69) is 5.10 Å². The molecule has 1 aromatic rings. The lowest BCUT2D eigenvalue weighted by molar-refractivity contribution is -0.384. The molecule has 19 heavy (non-hydrogen) atoms. The van der Waals surface area contributed by atoms with E-state index in [1.807, 2.05) is 4.90 Å². The maximum Gasteiger partial charge on any atom is 0.331 e. The van der Waals surface area contributed by atoms with E-state index in [1.54, 1.807) is 11.7 Å². The Morgan fingerprint density at radius 3 is 2.84 bits per heavy atom. The van der Waals surface area contributed by atoms with Crippen LogP contribution in [0.25, 0.3) is 0 Å². The van der Waals surface area contributed by atoms with Gasteiger partial charge in [-0.2, -0.15) is 5.10 Å². The minimum Gasteiger partial charge on any atom is -0.351 e. The molecule has 0 saturated carbocycles. The Morgan fingerprint density at radius 1 is 1.58 bits per heavy atom. The first-order chi connectivity index (χ1) is 8.13. The molecule has 0 spiro atoms. The number of aryl methyl sites for hydroxylation is 1. The number of hydrogen-bond acceptors (Lipinski definition) is 5. The largest absolute Gasteiger partial charge is 0.351 e. The van der Waals surface area contributed by atoms with Gasteiger partial charge in [0.05, 0.1) is 4.92 Å². The van der Waals surface area contributed by atoms with Crippen molar-refractivity contribution >= 4 is 36.3 Å². The fourth-order valence-electron chi connectivity index (χ4n) is 2.36. The predicted octanol–water partition coefficient (Wildman–Crippen LogP) is 1.35. The molecule has 1 saturated heterocycles. The molecule has 0 aliphatic carbocycles. The maximum atomic E-state index is 10.9. The zero-order valence-corrected chi connectivity index (χ0v) is 12.3. The summed E-state index contributed by atoms with van der Waals surface area (Å²) in [4.78, 5) is 12.6. The van der Waals surface area contributed by atoms with Gasteiger partial charge in [-0.3, -0.25) is 10.1 Å². The van der Waals surface area contributed by atoms with Crippen molar-refractivity contribution in [3.63, 3.8) is 0 Å². The fourth-order valence-corrected chi connectivity index (χ4v) is 2.36. The molecule has 2 N–H and O–H groups in total. The highest BCUT2D eigenvalue weighted by atomic mass is 35.5. The van der Waals surface area contributed by atoms with Crippen molar-refractivity contribution in [3.8, 4) is 0 Å². The van der Waals surface area contributed by atoms with Crippen LogP contribution in [0.4, 0.5) is 11.5 Å². The maximum absolute atomic E-state index is 10.9. The smallest absolute Gasteiger partial charge is 0.331 e. The van der Waals surface area contributed by atoms with Gasteiger partial charge in [-0.15, -0.1) is 24.8 Å². The molecule has 7 nitrogen and oxygen atoms in total. The number of anilines is 1. The highest BCUT2D eigenvalue weighted by Crippen LogP contribution is 2.30. The van der Waals surface area contributed by atoms with E-state index in [9.17, 15) is 10.1 Å². The third-order valence-electron chi connectivity index (χ3n) is 3.24. The van der Waals surface area contributed by atoms with Crippen LogP contribution in [0, 0.1) is 16.0 Å². The van der Waals surface area contributed by atoms with Crippen LogP contribution < -0.4 is 10.6 Å². The normalized spacial score (nSPS) is 18.4. The van der Waals surface area contributed by atoms with Gasteiger partial charge in [-0.25, -0.2) is 4.68 Å². The van der Waals surface area contributed by atoms with Crippen LogP contribution in [0.5, 0.6) is 0 Å². The van der Waals surface area contributed by atoms with Gasteiger partial charge in [0.25, 0.3) is 0 Å². The van der Waals surface area contributed by atoms with Crippen molar-refractivity contribution in [3.05, 3.63) is 16.3 Å². The number of halogens is 2. The molecule has 110 valence electrons. The van der Waals surface area contributed by atoms with Gasteiger partial charge in [0.15, 0.2) is 0 Å². The van der Waals surface area contributed by atoms with Crippen LogP contribution in [0.2, 0.25) is 0 Å². The molecule has 2 heterocycles. The molecule has 9 heteroatoms. The summed E-state index contributed by atoms with van der Waals surface area (Å²) in [5.74, 6) is 1.01. The average molecular weight is 312 g/mol. The fraction of sp³-hybridized carbons (Fsp3) is 0.700. The van der Waals surface area contributed by atoms with Gasteiger partial charge in [0.1, 0.15) is 6.20 Å². The van der Waals surface area contributed by atoms with Gasteiger partial charge in [0, 0.05) is 20.1 Å². The van der Waals surface area contributed by atoms with Crippen molar-refractivity contribution in [2.24, 2.45) is 18.7 Å². The number of nitrogens with two attached hydrogens (primary N) is 1. The van der Waals surface area contributed by atoms with Crippen LogP contribution in [-0.2, 0) is 7.05 Å². The van der Waals surface area contributed by atoms with Crippen LogP contribution in [-0.4, -0.2) is 34.3 Å². The van der Waals surface area contributed by atoms with E-state index in [0.29, 0.717) is 18.3 Å². The molecule has 0 amide bonds. The molecule has 1 fully saturated rings. The van der Waals surface area contributed by atoms with Gasteiger partial charge < -0.3 is 10.6 Å². The average Bonchev–Trinajstić information content (AvgIpc) is 2.71. The minimum atomic E-state index is -0.381. The molecular weight excluding hydrogens is 293 g/mol. The Balaban J connectivity index is 0.00000162. The summed E-state index contributed by atoms with van der Waals surface area (Å²) in [6.45, 7) is 2.23. The molecule has 0 bridgehead atoms. The SMILES string of the molecule is Cl.Cl.Cn1ncc([N+](=O)[O-])c1N1CCC[C@@H](CN)C1. The lowest BCUT2D eigenvalue weighted by Crippen LogP contribution is -2.39. The topological polar surface area (TPSA) is 90.2 Å². The molecule has 2 rings (SSSR count). The lowest BCUT2D eigenvalue weighted by Gasteiger charge is -2.32. The Bertz CT molecular complexity index is 426. The Labute approximate surface area is 124 Å². The van der Waals surface area contributed by atoms with Crippen LogP contribution in [0.3, 0.4) is 0 Å². The quantitative estimate of drug-likeness (QED) is 0.672. The van der Waals surface area contributed by atoms with Gasteiger partial charge in [0.2, 0.25) is 5.82 Å². The molecule has 1 aliphatic rings. The molecule has 0 aromatic carbocycles. The van der Waals surface area contributed by atoms with E-state index in [0.717, 1.165) is 25.9 Å². The van der Waals surface area contributed by atoms with Gasteiger partial charge >= 0.3 is 5.69 Å². The first kappa shape index (κ1) is 17.9. The molecule has 0 radical (unpaired) electrons. The Morgan fingerprint density at radius 2 is 2.26 bits per heavy atom. The number of hydrogen-bond donors (Lipinski definition) is 1. The highest BCUT2D eigenvalue weighted by molar-refractivity contribution is 5.85. The second kappa shape index (κ2) is 7.52. The summed E-state index contributed by atoms with van der Waals surface area (Å²) in [6.07, 6.45) is 3.42. The summed E-state index contributed by atoms with van der Waals surface area (Å²) in [5, 5.41) is 14.9. The van der Waals surface area contributed by atoms with E-state index in [1.165, 1.54) is 6.20 Å². The van der Waals surface area contributed by atoms with E-state index >= 15 is 0 Å². The third kappa shape index (κ3) is 3.71. The Hall–Kier alpha value is -1.05. The number of aromatic nitrogens is 2. The summed E-state index contributed by atoms with van der Waals surface area (Å²) in [6, 6.07) is 0. The first-order valence-corrected chi connectivity index (χ1v) is 5.75. The summed E-state index contributed by atoms with van der Waals surface area (Å²) >= 11 is 0. The second-order valence-corrected chi connectivity index (χ2v) is 4.42. The van der Waals surface area contributed by atoms with E-state index in [4.69, 9.17) is 5.73 Å². The molecule has 0 unspecified atom stereocenters. The van der Waals surface area contributed by atoms with E-state index in [-0.39, 0.29) is 35.4 Å². The number of nitro groups is 1. The molecule has 1 aromatic heterocycles. The van der Waals surface area contributed by atoms with Crippen molar-refractivity contribution < 1.29 is 4.92 Å². The highest BCUT2D eigenvalue weighted by Gasteiger charge is 2.28. The number of nitrogens with zero attached hydrogens (tertiary/aromatic N) is 4. The zero-order chi connectivity index (χ0) is 12.4. The summed E-state index contributed by atoms with van der Waals surface area (Å²) in [7, 11) is 1.73. The monoisotopic (exact) mass is 311 g/mol. The standard InChI is InChI=1S/C10H17N5O2.2ClH/c1-13-10(9(6-12-13)15(16)17)14-4-2-3-8(5-11)7-14;;/h6,8H,2-5,7,11H2,1H3;2*1H/t8-;;/m0../s1. The first-order valence-electron chi connectivity index (χ1n) is 5.75. The second-order valence-electron chi connectivity index (χ2n) is 4.42. The van der Waals surface area contributed by atoms with Crippen molar-refractivity contribution in [1.29, 1.82) is 0 Å². The Kier molecular flexibility index (Phi) is 7.10. The van der Waals surface area contributed by atoms with Crippen molar-refractivity contribution in [2.75, 3.05) is 24.5 Å². The van der Waals surface area contributed by atoms with E-state index < -0.39 is 0 Å².